The number of primary amides is 1. The molecule has 0 aliphatic carbocycles. The van der Waals surface area contributed by atoms with Crippen LogP contribution in [0.25, 0.3) is 0 Å². The standard InChI is InChI=1S/C29H39N7O4/c1-4-31-11-12-35(25-10-9-24(13-20(25)2)36-19-23(29(30)40)14-26(36)37)28(39)16-32-15-27(38)33(3)34-17-21-7-5-6-8-22(21)18-34/h5-10,13,23,31-32H,4,11-12,14-19H2,1-3H3,(H2,30,40). The van der Waals surface area contributed by atoms with Crippen LogP contribution in [0, 0.1) is 12.8 Å². The lowest BCUT2D eigenvalue weighted by Crippen LogP contribution is -2.47. The van der Waals surface area contributed by atoms with Gasteiger partial charge >= 0.3 is 0 Å². The number of anilines is 2. The molecule has 1 saturated heterocycles. The number of carbonyl (C=O) groups is 4. The molecule has 2 aromatic rings. The lowest BCUT2D eigenvalue weighted by atomic mass is 10.1. The third-order valence-electron chi connectivity index (χ3n) is 7.54. The molecule has 1 atom stereocenters. The summed E-state index contributed by atoms with van der Waals surface area (Å²) in [6, 6.07) is 13.6. The van der Waals surface area contributed by atoms with Gasteiger partial charge in [0.2, 0.25) is 17.7 Å². The van der Waals surface area contributed by atoms with Crippen LogP contribution < -0.4 is 26.2 Å². The summed E-state index contributed by atoms with van der Waals surface area (Å²) >= 11 is 0. The zero-order valence-corrected chi connectivity index (χ0v) is 23.5. The summed E-state index contributed by atoms with van der Waals surface area (Å²) in [6.45, 7) is 7.35. The first-order chi connectivity index (χ1) is 19.2. The smallest absolute Gasteiger partial charge is 0.250 e. The molecule has 0 radical (unpaired) electrons. The van der Waals surface area contributed by atoms with Crippen molar-refractivity contribution in [3.8, 4) is 0 Å². The van der Waals surface area contributed by atoms with E-state index < -0.39 is 11.8 Å². The van der Waals surface area contributed by atoms with E-state index in [0.717, 1.165) is 17.8 Å². The van der Waals surface area contributed by atoms with E-state index >= 15 is 0 Å². The number of nitrogens with one attached hydrogen (secondary N) is 2. The van der Waals surface area contributed by atoms with Gasteiger partial charge in [0, 0.05) is 57.6 Å². The van der Waals surface area contributed by atoms with Crippen molar-refractivity contribution in [1.82, 2.24) is 20.7 Å². The van der Waals surface area contributed by atoms with Crippen LogP contribution in [-0.4, -0.2) is 80.0 Å². The highest BCUT2D eigenvalue weighted by Gasteiger charge is 2.34. The molecule has 1 fully saturated rings. The maximum atomic E-state index is 13.3. The van der Waals surface area contributed by atoms with Crippen molar-refractivity contribution in [1.29, 1.82) is 0 Å². The summed E-state index contributed by atoms with van der Waals surface area (Å²) in [4.78, 5) is 53.5. The first kappa shape index (κ1) is 29.2. The van der Waals surface area contributed by atoms with E-state index in [1.165, 1.54) is 11.1 Å². The topological polar surface area (TPSA) is 131 Å². The summed E-state index contributed by atoms with van der Waals surface area (Å²) < 4.78 is 0. The van der Waals surface area contributed by atoms with E-state index in [4.69, 9.17) is 5.73 Å². The second-order valence-electron chi connectivity index (χ2n) is 10.3. The van der Waals surface area contributed by atoms with Crippen LogP contribution in [0.3, 0.4) is 0 Å². The highest BCUT2D eigenvalue weighted by Crippen LogP contribution is 2.30. The molecule has 0 saturated carbocycles. The summed E-state index contributed by atoms with van der Waals surface area (Å²) in [5.74, 6) is -1.41. The molecule has 0 spiro atoms. The summed E-state index contributed by atoms with van der Waals surface area (Å²) in [7, 11) is 1.75. The lowest BCUT2D eigenvalue weighted by molar-refractivity contribution is -0.145. The molecular weight excluding hydrogens is 510 g/mol. The Labute approximate surface area is 235 Å². The van der Waals surface area contributed by atoms with Crippen molar-refractivity contribution in [2.75, 3.05) is 56.1 Å². The Bertz CT molecular complexity index is 1240. The minimum atomic E-state index is -0.501. The van der Waals surface area contributed by atoms with Crippen molar-refractivity contribution in [2.45, 2.75) is 33.4 Å². The van der Waals surface area contributed by atoms with Crippen LogP contribution in [0.4, 0.5) is 11.4 Å². The molecule has 11 nitrogen and oxygen atoms in total. The van der Waals surface area contributed by atoms with Gasteiger partial charge in [0.1, 0.15) is 0 Å². The van der Waals surface area contributed by atoms with Crippen molar-refractivity contribution >= 4 is 35.0 Å². The largest absolute Gasteiger partial charge is 0.369 e. The molecule has 2 heterocycles. The Morgan fingerprint density at radius 3 is 2.30 bits per heavy atom. The van der Waals surface area contributed by atoms with Crippen molar-refractivity contribution in [3.63, 3.8) is 0 Å². The first-order valence-electron chi connectivity index (χ1n) is 13.7. The molecule has 4 amide bonds. The van der Waals surface area contributed by atoms with E-state index in [1.54, 1.807) is 27.9 Å². The van der Waals surface area contributed by atoms with Crippen molar-refractivity contribution in [2.24, 2.45) is 11.7 Å². The van der Waals surface area contributed by atoms with Crippen LogP contribution in [0.2, 0.25) is 0 Å². The van der Waals surface area contributed by atoms with Crippen LogP contribution in [-0.2, 0) is 32.3 Å². The molecule has 2 aliphatic heterocycles. The van der Waals surface area contributed by atoms with Gasteiger partial charge in [0.05, 0.1) is 19.0 Å². The van der Waals surface area contributed by atoms with Crippen LogP contribution in [0.1, 0.15) is 30.0 Å². The highest BCUT2D eigenvalue weighted by molar-refractivity contribution is 6.01. The number of aryl methyl sites for hydroxylation is 1. The number of carbonyl (C=O) groups excluding carboxylic acids is 4. The maximum absolute atomic E-state index is 13.3. The molecule has 2 aromatic carbocycles. The van der Waals surface area contributed by atoms with Gasteiger partial charge < -0.3 is 20.9 Å². The fourth-order valence-electron chi connectivity index (χ4n) is 5.18. The number of nitrogens with two attached hydrogens (primary N) is 1. The van der Waals surface area contributed by atoms with Crippen LogP contribution in [0.15, 0.2) is 42.5 Å². The zero-order valence-electron chi connectivity index (χ0n) is 23.5. The number of hydrazine groups is 1. The maximum Gasteiger partial charge on any atom is 0.250 e. The number of rotatable bonds is 12. The molecule has 40 heavy (non-hydrogen) atoms. The summed E-state index contributed by atoms with van der Waals surface area (Å²) in [5.41, 5.74) is 10.1. The third-order valence-corrected chi connectivity index (χ3v) is 7.54. The quantitative estimate of drug-likeness (QED) is 0.333. The van der Waals surface area contributed by atoms with Crippen LogP contribution >= 0.6 is 0 Å². The Hall–Kier alpha value is -3.80. The Kier molecular flexibility index (Phi) is 9.51. The average Bonchev–Trinajstić information content (AvgIpc) is 3.55. The van der Waals surface area contributed by atoms with E-state index in [0.29, 0.717) is 31.9 Å². The minimum absolute atomic E-state index is 0.00196. The fraction of sp³-hybridized carbons (Fsp3) is 0.448. The van der Waals surface area contributed by atoms with Gasteiger partial charge in [-0.2, -0.15) is 0 Å². The molecule has 0 bridgehead atoms. The molecule has 4 rings (SSSR count). The lowest BCUT2D eigenvalue weighted by Gasteiger charge is -2.28. The van der Waals surface area contributed by atoms with Gasteiger partial charge in [-0.25, -0.2) is 5.01 Å². The van der Waals surface area contributed by atoms with E-state index in [9.17, 15) is 19.2 Å². The van der Waals surface area contributed by atoms with E-state index in [-0.39, 0.29) is 43.8 Å². The second-order valence-corrected chi connectivity index (χ2v) is 10.3. The fourth-order valence-corrected chi connectivity index (χ4v) is 5.18. The van der Waals surface area contributed by atoms with Crippen molar-refractivity contribution in [3.05, 3.63) is 59.2 Å². The number of benzene rings is 2. The number of nitrogens with zero attached hydrogens (tertiary/aromatic N) is 4. The normalized spacial score (nSPS) is 16.7. The Morgan fingerprint density at radius 1 is 1.02 bits per heavy atom. The number of fused-ring (bicyclic) bond motifs is 1. The Morgan fingerprint density at radius 2 is 1.70 bits per heavy atom. The molecule has 214 valence electrons. The minimum Gasteiger partial charge on any atom is -0.369 e. The zero-order chi connectivity index (χ0) is 28.8. The number of hydrogen-bond acceptors (Lipinski definition) is 7. The average molecular weight is 550 g/mol. The van der Waals surface area contributed by atoms with Gasteiger partial charge in [-0.15, -0.1) is 0 Å². The molecule has 1 unspecified atom stereocenters. The molecule has 0 aromatic heterocycles. The van der Waals surface area contributed by atoms with Gasteiger partial charge in [-0.05, 0) is 48.4 Å². The third kappa shape index (κ3) is 6.67. The second kappa shape index (κ2) is 13.0. The van der Waals surface area contributed by atoms with Gasteiger partial charge in [0.25, 0.3) is 5.91 Å². The Balaban J connectivity index is 1.37. The number of amides is 4. The number of likely N-dealkylation sites (N-methyl/N-ethyl adjacent to an activating group) is 2. The van der Waals surface area contributed by atoms with Gasteiger partial charge in [-0.3, -0.25) is 29.5 Å². The summed E-state index contributed by atoms with van der Waals surface area (Å²) in [6.07, 6.45) is 0.105. The monoisotopic (exact) mass is 549 g/mol. The van der Waals surface area contributed by atoms with Crippen molar-refractivity contribution < 1.29 is 19.2 Å². The molecule has 4 N–H and O–H groups in total. The predicted octanol–water partition coefficient (Wildman–Crippen LogP) is 0.755. The molecular formula is C29H39N7O4. The van der Waals surface area contributed by atoms with Gasteiger partial charge in [0.15, 0.2) is 0 Å². The molecule has 2 aliphatic rings. The van der Waals surface area contributed by atoms with Crippen LogP contribution in [0.5, 0.6) is 0 Å². The molecule has 11 heteroatoms. The SMILES string of the molecule is CCNCCN(C(=O)CNCC(=O)N(C)N1Cc2ccccc2C1)c1ccc(N2CC(C(N)=O)CC2=O)cc1C. The first-order valence-corrected chi connectivity index (χ1v) is 13.7. The number of hydrogen-bond donors (Lipinski definition) is 3. The van der Waals surface area contributed by atoms with E-state index in [1.807, 2.05) is 43.1 Å². The van der Waals surface area contributed by atoms with E-state index in [2.05, 4.69) is 22.8 Å². The summed E-state index contributed by atoms with van der Waals surface area (Å²) in [5, 5.41) is 9.88. The predicted molar refractivity (Wildman–Crippen MR) is 153 cm³/mol. The van der Waals surface area contributed by atoms with Gasteiger partial charge in [-0.1, -0.05) is 31.2 Å². The highest BCUT2D eigenvalue weighted by atomic mass is 16.2.